The predicted octanol–water partition coefficient (Wildman–Crippen LogP) is 4.79. The number of nitrogens with one attached hydrogen (secondary N) is 1. The molecule has 0 aliphatic heterocycles. The Morgan fingerprint density at radius 3 is 2.17 bits per heavy atom. The van der Waals surface area contributed by atoms with Crippen molar-refractivity contribution in [3.05, 3.63) is 83.1 Å². The minimum atomic E-state index is -0.391. The Bertz CT molecular complexity index is 1060. The first-order valence-electron chi connectivity index (χ1n) is 9.50. The van der Waals surface area contributed by atoms with Gasteiger partial charge in [-0.1, -0.05) is 45.0 Å². The summed E-state index contributed by atoms with van der Waals surface area (Å²) in [5.41, 5.74) is 5.50. The van der Waals surface area contributed by atoms with Crippen molar-refractivity contribution in [1.29, 1.82) is 0 Å². The number of hydrogen-bond donors (Lipinski definition) is 1. The van der Waals surface area contributed by atoms with Crippen LogP contribution in [0.4, 0.5) is 0 Å². The second-order valence-corrected chi connectivity index (χ2v) is 7.80. The highest BCUT2D eigenvalue weighted by Crippen LogP contribution is 2.23. The van der Waals surface area contributed by atoms with E-state index in [1.807, 2.05) is 12.1 Å². The molecule has 0 saturated heterocycles. The average Bonchev–Trinajstić information content (AvgIpc) is 3.21. The van der Waals surface area contributed by atoms with Crippen LogP contribution in [0.1, 0.15) is 52.8 Å². The molecule has 6 nitrogen and oxygen atoms in total. The Balaban J connectivity index is 1.61. The van der Waals surface area contributed by atoms with Crippen molar-refractivity contribution in [2.75, 3.05) is 7.11 Å². The molecule has 1 amide bonds. The zero-order chi connectivity index (χ0) is 21.7. The van der Waals surface area contributed by atoms with Crippen LogP contribution in [0, 0.1) is 0 Å². The third-order valence-electron chi connectivity index (χ3n) is 4.59. The fourth-order valence-corrected chi connectivity index (χ4v) is 2.81. The van der Waals surface area contributed by atoms with Gasteiger partial charge in [0.1, 0.15) is 11.5 Å². The average molecular weight is 404 g/mol. The summed E-state index contributed by atoms with van der Waals surface area (Å²) in [6.45, 7) is 6.37. The maximum atomic E-state index is 12.2. The normalized spacial score (nSPS) is 11.5. The number of hydrogen-bond acceptors (Lipinski definition) is 5. The number of carbonyl (C=O) groups is 2. The first-order valence-corrected chi connectivity index (χ1v) is 9.50. The van der Waals surface area contributed by atoms with Gasteiger partial charge >= 0.3 is 5.97 Å². The SMILES string of the molecule is COC(=O)c1ccc(-c2ccc(/C=N\NC(=O)c3ccc(C(C)(C)C)cc3)o2)cc1. The standard InChI is InChI=1S/C24H24N2O4/c1-24(2,3)19-11-9-17(10-12-19)22(27)26-25-15-20-13-14-21(30-20)16-5-7-18(8-6-16)23(28)29-4/h5-15H,1-4H3,(H,26,27)/b25-15-. The van der Waals surface area contributed by atoms with Crippen molar-refractivity contribution in [3.63, 3.8) is 0 Å². The van der Waals surface area contributed by atoms with Crippen molar-refractivity contribution >= 4 is 18.1 Å². The molecule has 30 heavy (non-hydrogen) atoms. The van der Waals surface area contributed by atoms with Gasteiger partial charge in [0, 0.05) is 11.1 Å². The molecule has 0 aliphatic carbocycles. The summed E-state index contributed by atoms with van der Waals surface area (Å²) in [7, 11) is 1.34. The van der Waals surface area contributed by atoms with Crippen LogP contribution in [0.15, 0.2) is 70.2 Å². The molecule has 0 aliphatic rings. The molecule has 3 aromatic rings. The quantitative estimate of drug-likeness (QED) is 0.376. The zero-order valence-corrected chi connectivity index (χ0v) is 17.4. The van der Waals surface area contributed by atoms with Gasteiger partial charge in [0.15, 0.2) is 0 Å². The van der Waals surface area contributed by atoms with Crippen molar-refractivity contribution in [3.8, 4) is 11.3 Å². The van der Waals surface area contributed by atoms with Gasteiger partial charge in [-0.15, -0.1) is 0 Å². The fourth-order valence-electron chi connectivity index (χ4n) is 2.81. The molecule has 1 N–H and O–H groups in total. The Morgan fingerprint density at radius 1 is 0.933 bits per heavy atom. The second-order valence-electron chi connectivity index (χ2n) is 7.80. The summed E-state index contributed by atoms with van der Waals surface area (Å²) < 4.78 is 10.4. The van der Waals surface area contributed by atoms with Crippen LogP contribution in [-0.4, -0.2) is 25.2 Å². The number of ether oxygens (including phenoxy) is 1. The summed E-state index contributed by atoms with van der Waals surface area (Å²) in [5, 5.41) is 3.97. The molecule has 6 heteroatoms. The summed E-state index contributed by atoms with van der Waals surface area (Å²) in [6, 6.07) is 17.9. The molecule has 0 unspecified atom stereocenters. The van der Waals surface area contributed by atoms with Gasteiger partial charge in [0.05, 0.1) is 18.9 Å². The molecule has 0 radical (unpaired) electrons. The molecule has 154 valence electrons. The molecule has 0 fully saturated rings. The number of amides is 1. The predicted molar refractivity (Wildman–Crippen MR) is 116 cm³/mol. The summed E-state index contributed by atoms with van der Waals surface area (Å²) >= 11 is 0. The monoisotopic (exact) mass is 404 g/mol. The summed E-state index contributed by atoms with van der Waals surface area (Å²) in [6.07, 6.45) is 1.44. The van der Waals surface area contributed by atoms with Crippen molar-refractivity contribution in [1.82, 2.24) is 5.43 Å². The van der Waals surface area contributed by atoms with Crippen LogP contribution in [0.25, 0.3) is 11.3 Å². The lowest BCUT2D eigenvalue weighted by Gasteiger charge is -2.18. The number of nitrogens with zero attached hydrogens (tertiary/aromatic N) is 1. The number of hydrazone groups is 1. The van der Waals surface area contributed by atoms with Gasteiger partial charge < -0.3 is 9.15 Å². The van der Waals surface area contributed by atoms with Crippen LogP contribution in [0.3, 0.4) is 0 Å². The Hall–Kier alpha value is -3.67. The lowest BCUT2D eigenvalue weighted by atomic mass is 9.87. The van der Waals surface area contributed by atoms with Crippen LogP contribution in [0.5, 0.6) is 0 Å². The maximum absolute atomic E-state index is 12.2. The molecule has 2 aromatic carbocycles. The van der Waals surface area contributed by atoms with Gasteiger partial charge in [-0.3, -0.25) is 4.79 Å². The molecule has 0 saturated carbocycles. The number of methoxy groups -OCH3 is 1. The van der Waals surface area contributed by atoms with E-state index in [1.165, 1.54) is 13.3 Å². The van der Waals surface area contributed by atoms with E-state index >= 15 is 0 Å². The topological polar surface area (TPSA) is 80.9 Å². The first-order chi connectivity index (χ1) is 14.3. The molecular weight excluding hydrogens is 380 g/mol. The number of rotatable bonds is 5. The summed E-state index contributed by atoms with van der Waals surface area (Å²) in [5.74, 6) is 0.428. The lowest BCUT2D eigenvalue weighted by Crippen LogP contribution is -2.18. The maximum Gasteiger partial charge on any atom is 0.337 e. The molecular formula is C24H24N2O4. The minimum Gasteiger partial charge on any atom is -0.465 e. The highest BCUT2D eigenvalue weighted by Gasteiger charge is 2.14. The highest BCUT2D eigenvalue weighted by molar-refractivity contribution is 5.94. The lowest BCUT2D eigenvalue weighted by molar-refractivity contribution is 0.0600. The van der Waals surface area contributed by atoms with E-state index in [4.69, 9.17) is 4.42 Å². The van der Waals surface area contributed by atoms with Crippen LogP contribution < -0.4 is 5.43 Å². The molecule has 1 heterocycles. The summed E-state index contributed by atoms with van der Waals surface area (Å²) in [4.78, 5) is 23.7. The van der Waals surface area contributed by atoms with Crippen molar-refractivity contribution < 1.29 is 18.7 Å². The van der Waals surface area contributed by atoms with Gasteiger partial charge in [0.2, 0.25) is 0 Å². The van der Waals surface area contributed by atoms with E-state index < -0.39 is 5.97 Å². The van der Waals surface area contributed by atoms with E-state index in [0.29, 0.717) is 22.6 Å². The Morgan fingerprint density at radius 2 is 1.57 bits per heavy atom. The van der Waals surface area contributed by atoms with Crippen molar-refractivity contribution in [2.45, 2.75) is 26.2 Å². The third-order valence-corrected chi connectivity index (χ3v) is 4.59. The van der Waals surface area contributed by atoms with Crippen LogP contribution >= 0.6 is 0 Å². The van der Waals surface area contributed by atoms with E-state index in [9.17, 15) is 9.59 Å². The largest absolute Gasteiger partial charge is 0.465 e. The van der Waals surface area contributed by atoms with Gasteiger partial charge in [-0.2, -0.15) is 5.10 Å². The van der Waals surface area contributed by atoms with Gasteiger partial charge in [-0.25, -0.2) is 10.2 Å². The molecule has 1 aromatic heterocycles. The molecule has 0 atom stereocenters. The number of furan rings is 1. The number of esters is 1. The van der Waals surface area contributed by atoms with E-state index in [0.717, 1.165) is 11.1 Å². The fraction of sp³-hybridized carbons (Fsp3) is 0.208. The smallest absolute Gasteiger partial charge is 0.337 e. The van der Waals surface area contributed by atoms with Crippen molar-refractivity contribution in [2.24, 2.45) is 5.10 Å². The minimum absolute atomic E-state index is 0.0315. The Labute approximate surface area is 175 Å². The third kappa shape index (κ3) is 5.03. The zero-order valence-electron chi connectivity index (χ0n) is 17.4. The number of benzene rings is 2. The number of carbonyl (C=O) groups excluding carboxylic acids is 2. The van der Waals surface area contributed by atoms with E-state index in [2.05, 4.69) is 36.0 Å². The van der Waals surface area contributed by atoms with Crippen LogP contribution in [-0.2, 0) is 10.2 Å². The Kier molecular flexibility index (Phi) is 6.16. The van der Waals surface area contributed by atoms with Gasteiger partial charge in [-0.05, 0) is 47.4 Å². The molecule has 0 bridgehead atoms. The molecule has 0 spiro atoms. The van der Waals surface area contributed by atoms with E-state index in [1.54, 1.807) is 48.5 Å². The molecule has 3 rings (SSSR count). The van der Waals surface area contributed by atoms with Gasteiger partial charge in [0.25, 0.3) is 5.91 Å². The first kappa shape index (κ1) is 21.0. The second kappa shape index (κ2) is 8.78. The van der Waals surface area contributed by atoms with Crippen LogP contribution in [0.2, 0.25) is 0 Å². The highest BCUT2D eigenvalue weighted by atomic mass is 16.5. The van der Waals surface area contributed by atoms with E-state index in [-0.39, 0.29) is 11.3 Å².